The maximum absolute atomic E-state index is 11.4. The summed E-state index contributed by atoms with van der Waals surface area (Å²) in [6.07, 6.45) is 0.503. The lowest BCUT2D eigenvalue weighted by Crippen LogP contribution is -2.46. The zero-order valence-corrected chi connectivity index (χ0v) is 10.3. The van der Waals surface area contributed by atoms with Crippen LogP contribution in [-0.4, -0.2) is 37.5 Å². The third-order valence-corrected chi connectivity index (χ3v) is 2.46. The van der Waals surface area contributed by atoms with Gasteiger partial charge in [0.05, 0.1) is 6.61 Å². The molecule has 0 spiro atoms. The molecule has 3 N–H and O–H groups in total. The molecule has 1 aliphatic heterocycles. The maximum atomic E-state index is 11.4. The summed E-state index contributed by atoms with van der Waals surface area (Å²) in [5.74, 6) is 0.279. The van der Waals surface area contributed by atoms with Crippen molar-refractivity contribution < 1.29 is 14.3 Å². The first-order chi connectivity index (χ1) is 7.38. The first-order valence-electron chi connectivity index (χ1n) is 5.68. The van der Waals surface area contributed by atoms with Crippen LogP contribution in [0.25, 0.3) is 0 Å². The lowest BCUT2D eigenvalue weighted by Gasteiger charge is -2.29. The van der Waals surface area contributed by atoms with E-state index >= 15 is 0 Å². The number of hydrogen-bond donors (Lipinski definition) is 2. The first-order valence-corrected chi connectivity index (χ1v) is 5.68. The predicted octanol–water partition coefficient (Wildman–Crippen LogP) is 0.875. The molecule has 0 radical (unpaired) electrons. The van der Waals surface area contributed by atoms with Crippen molar-refractivity contribution in [3.05, 3.63) is 0 Å². The van der Waals surface area contributed by atoms with Gasteiger partial charge in [0, 0.05) is 19.2 Å². The molecule has 1 fully saturated rings. The van der Waals surface area contributed by atoms with Crippen molar-refractivity contribution in [2.45, 2.75) is 38.8 Å². The van der Waals surface area contributed by atoms with Crippen molar-refractivity contribution in [3.8, 4) is 0 Å². The standard InChI is InChI=1S/C11H22N2O3/c1-11(2,3)16-10(14)13-6-8-4-5-15-7-9(8)12/h8-9H,4-7,12H2,1-3H3,(H,13,14)/t8-,9-/m0/s1. The van der Waals surface area contributed by atoms with Crippen LogP contribution in [-0.2, 0) is 9.47 Å². The molecule has 0 aromatic heterocycles. The van der Waals surface area contributed by atoms with E-state index in [9.17, 15) is 4.79 Å². The highest BCUT2D eigenvalue weighted by Gasteiger charge is 2.23. The van der Waals surface area contributed by atoms with E-state index in [1.165, 1.54) is 0 Å². The van der Waals surface area contributed by atoms with Crippen LogP contribution in [0.1, 0.15) is 27.2 Å². The van der Waals surface area contributed by atoms with Gasteiger partial charge in [-0.05, 0) is 33.1 Å². The normalized spacial score (nSPS) is 26.2. The van der Waals surface area contributed by atoms with Gasteiger partial charge in [0.1, 0.15) is 5.60 Å². The van der Waals surface area contributed by atoms with Gasteiger partial charge in [0.15, 0.2) is 0 Å². The van der Waals surface area contributed by atoms with Crippen LogP contribution in [0.5, 0.6) is 0 Å². The Morgan fingerprint density at radius 2 is 2.25 bits per heavy atom. The molecule has 94 valence electrons. The quantitative estimate of drug-likeness (QED) is 0.738. The van der Waals surface area contributed by atoms with E-state index in [2.05, 4.69) is 5.32 Å². The molecule has 0 aromatic carbocycles. The Labute approximate surface area is 96.7 Å². The SMILES string of the molecule is CC(C)(C)OC(=O)NC[C@@H]1CCOC[C@@H]1N. The van der Waals surface area contributed by atoms with E-state index in [4.69, 9.17) is 15.2 Å². The average molecular weight is 230 g/mol. The molecule has 5 nitrogen and oxygen atoms in total. The Morgan fingerprint density at radius 1 is 1.56 bits per heavy atom. The number of alkyl carbamates (subject to hydrolysis) is 1. The van der Waals surface area contributed by atoms with Gasteiger partial charge in [-0.15, -0.1) is 0 Å². The predicted molar refractivity (Wildman–Crippen MR) is 61.1 cm³/mol. The highest BCUT2D eigenvalue weighted by Crippen LogP contribution is 2.13. The second-order valence-electron chi connectivity index (χ2n) is 5.17. The number of carbonyl (C=O) groups is 1. The summed E-state index contributed by atoms with van der Waals surface area (Å²) in [4.78, 5) is 11.4. The van der Waals surface area contributed by atoms with E-state index in [-0.39, 0.29) is 18.1 Å². The summed E-state index contributed by atoms with van der Waals surface area (Å²) in [6.45, 7) is 7.36. The fraction of sp³-hybridized carbons (Fsp3) is 0.909. The van der Waals surface area contributed by atoms with Gasteiger partial charge in [-0.3, -0.25) is 0 Å². The molecule has 2 atom stereocenters. The molecule has 1 aliphatic rings. The number of nitrogens with two attached hydrogens (primary N) is 1. The van der Waals surface area contributed by atoms with Crippen LogP contribution in [0.2, 0.25) is 0 Å². The molecule has 0 unspecified atom stereocenters. The lowest BCUT2D eigenvalue weighted by molar-refractivity contribution is 0.0382. The molecule has 0 saturated carbocycles. The van der Waals surface area contributed by atoms with Crippen LogP contribution in [0, 0.1) is 5.92 Å². The van der Waals surface area contributed by atoms with Crippen molar-refractivity contribution in [2.75, 3.05) is 19.8 Å². The molecule has 0 aromatic rings. The van der Waals surface area contributed by atoms with Crippen LogP contribution in [0.15, 0.2) is 0 Å². The number of nitrogens with one attached hydrogen (secondary N) is 1. The Hall–Kier alpha value is -0.810. The second-order valence-corrected chi connectivity index (χ2v) is 5.17. The Balaban J connectivity index is 2.25. The molecule has 0 aliphatic carbocycles. The van der Waals surface area contributed by atoms with Crippen LogP contribution >= 0.6 is 0 Å². The second kappa shape index (κ2) is 5.50. The molecule has 1 rings (SSSR count). The average Bonchev–Trinajstić information content (AvgIpc) is 2.14. The van der Waals surface area contributed by atoms with Gasteiger partial charge in [0.25, 0.3) is 0 Å². The van der Waals surface area contributed by atoms with Crippen LogP contribution in [0.3, 0.4) is 0 Å². The van der Waals surface area contributed by atoms with Crippen LogP contribution in [0.4, 0.5) is 4.79 Å². The monoisotopic (exact) mass is 230 g/mol. The van der Waals surface area contributed by atoms with Crippen molar-refractivity contribution >= 4 is 6.09 Å². The van der Waals surface area contributed by atoms with Gasteiger partial charge < -0.3 is 20.5 Å². The fourth-order valence-electron chi connectivity index (χ4n) is 1.59. The summed E-state index contributed by atoms with van der Waals surface area (Å²) < 4.78 is 10.4. The smallest absolute Gasteiger partial charge is 0.407 e. The van der Waals surface area contributed by atoms with Crippen molar-refractivity contribution in [1.29, 1.82) is 0 Å². The lowest BCUT2D eigenvalue weighted by atomic mass is 9.96. The summed E-state index contributed by atoms with van der Waals surface area (Å²) in [6, 6.07) is 0.00341. The van der Waals surface area contributed by atoms with Gasteiger partial charge in [-0.1, -0.05) is 0 Å². The van der Waals surface area contributed by atoms with Gasteiger partial charge in [0.2, 0.25) is 0 Å². The molecule has 1 saturated heterocycles. The number of amides is 1. The maximum Gasteiger partial charge on any atom is 0.407 e. The fourth-order valence-corrected chi connectivity index (χ4v) is 1.59. The summed E-state index contributed by atoms with van der Waals surface area (Å²) in [7, 11) is 0. The number of rotatable bonds is 2. The van der Waals surface area contributed by atoms with E-state index in [0.717, 1.165) is 6.42 Å². The van der Waals surface area contributed by atoms with Gasteiger partial charge in [-0.25, -0.2) is 4.79 Å². The number of hydrogen-bond acceptors (Lipinski definition) is 4. The van der Waals surface area contributed by atoms with Crippen molar-refractivity contribution in [2.24, 2.45) is 11.7 Å². The number of carbonyl (C=O) groups excluding carboxylic acids is 1. The molecule has 16 heavy (non-hydrogen) atoms. The van der Waals surface area contributed by atoms with Crippen molar-refractivity contribution in [1.82, 2.24) is 5.32 Å². The molecular formula is C11H22N2O3. The number of ether oxygens (including phenoxy) is 2. The Kier molecular flexibility index (Phi) is 4.56. The molecule has 0 bridgehead atoms. The van der Waals surface area contributed by atoms with Crippen LogP contribution < -0.4 is 11.1 Å². The molecule has 5 heteroatoms. The summed E-state index contributed by atoms with van der Waals surface area (Å²) in [5.41, 5.74) is 5.42. The topological polar surface area (TPSA) is 73.6 Å². The highest BCUT2D eigenvalue weighted by molar-refractivity contribution is 5.67. The van der Waals surface area contributed by atoms with E-state index in [0.29, 0.717) is 19.8 Å². The van der Waals surface area contributed by atoms with Gasteiger partial charge >= 0.3 is 6.09 Å². The van der Waals surface area contributed by atoms with E-state index in [1.807, 2.05) is 20.8 Å². The van der Waals surface area contributed by atoms with Crippen molar-refractivity contribution in [3.63, 3.8) is 0 Å². The van der Waals surface area contributed by atoms with E-state index in [1.54, 1.807) is 0 Å². The highest BCUT2D eigenvalue weighted by atomic mass is 16.6. The summed E-state index contributed by atoms with van der Waals surface area (Å²) >= 11 is 0. The Bertz CT molecular complexity index is 238. The minimum atomic E-state index is -0.456. The van der Waals surface area contributed by atoms with Gasteiger partial charge in [-0.2, -0.15) is 0 Å². The summed E-state index contributed by atoms with van der Waals surface area (Å²) in [5, 5.41) is 2.74. The largest absolute Gasteiger partial charge is 0.444 e. The zero-order chi connectivity index (χ0) is 12.2. The third-order valence-electron chi connectivity index (χ3n) is 2.46. The third kappa shape index (κ3) is 4.81. The Morgan fingerprint density at radius 3 is 2.81 bits per heavy atom. The minimum Gasteiger partial charge on any atom is -0.444 e. The molecule has 1 heterocycles. The molecular weight excluding hydrogens is 208 g/mol. The van der Waals surface area contributed by atoms with E-state index < -0.39 is 5.60 Å². The minimum absolute atomic E-state index is 0.00341. The molecule has 1 amide bonds. The first kappa shape index (κ1) is 13.3. The zero-order valence-electron chi connectivity index (χ0n) is 10.3.